The Morgan fingerprint density at radius 1 is 1.10 bits per heavy atom. The molecule has 152 valence electrons. The van der Waals surface area contributed by atoms with Gasteiger partial charge >= 0.3 is 0 Å². The molecule has 0 radical (unpaired) electrons. The number of amides is 1. The van der Waals surface area contributed by atoms with Gasteiger partial charge in [0.15, 0.2) is 5.78 Å². The van der Waals surface area contributed by atoms with Crippen LogP contribution < -0.4 is 11.1 Å². The second-order valence-electron chi connectivity index (χ2n) is 7.58. The van der Waals surface area contributed by atoms with Crippen molar-refractivity contribution in [3.8, 4) is 0 Å². The quantitative estimate of drug-likeness (QED) is 0.660. The van der Waals surface area contributed by atoms with Gasteiger partial charge in [0.25, 0.3) is 0 Å². The van der Waals surface area contributed by atoms with Crippen LogP contribution in [0.1, 0.15) is 42.0 Å². The maximum Gasteiger partial charge on any atom is 0.237 e. The smallest absolute Gasteiger partial charge is 0.237 e. The number of nitrogens with two attached hydrogens (primary N) is 1. The van der Waals surface area contributed by atoms with Gasteiger partial charge in [-0.2, -0.15) is 0 Å². The van der Waals surface area contributed by atoms with Crippen molar-refractivity contribution >= 4 is 28.3 Å². The summed E-state index contributed by atoms with van der Waals surface area (Å²) >= 11 is 6.21. The number of rotatable bonds is 9. The van der Waals surface area contributed by atoms with E-state index in [1.165, 1.54) is 5.56 Å². The molecule has 0 heterocycles. The Hall–Kier alpha value is -2.43. The van der Waals surface area contributed by atoms with E-state index in [-0.39, 0.29) is 11.7 Å². The monoisotopic (exact) mass is 410 g/mol. The molecule has 3 N–H and O–H groups in total. The predicted octanol–water partition coefficient (Wildman–Crippen LogP) is 3.79. The van der Waals surface area contributed by atoms with Gasteiger partial charge in [-0.3, -0.25) is 9.59 Å². The van der Waals surface area contributed by atoms with E-state index < -0.39 is 12.1 Å². The number of hydrogen-bond acceptors (Lipinski definition) is 3. The summed E-state index contributed by atoms with van der Waals surface area (Å²) in [6.07, 6.45) is 5.12. The fourth-order valence-electron chi connectivity index (χ4n) is 3.47. The number of allylic oxidation sites excluding steroid dienone is 1. The van der Waals surface area contributed by atoms with Crippen molar-refractivity contribution in [1.29, 1.82) is 0 Å². The second-order valence-corrected chi connectivity index (χ2v) is 7.98. The van der Waals surface area contributed by atoms with Crippen LogP contribution in [-0.4, -0.2) is 23.8 Å². The minimum Gasteiger partial charge on any atom is -0.345 e. The highest BCUT2D eigenvalue weighted by Crippen LogP contribution is 2.31. The highest BCUT2D eigenvalue weighted by molar-refractivity contribution is 6.49. The number of aryl methyl sites for hydroxylation is 2. The molecule has 3 rings (SSSR count). The molecule has 4 nitrogen and oxygen atoms in total. The van der Waals surface area contributed by atoms with E-state index in [9.17, 15) is 9.59 Å². The first-order chi connectivity index (χ1) is 13.9. The van der Waals surface area contributed by atoms with Gasteiger partial charge < -0.3 is 11.1 Å². The third-order valence-corrected chi connectivity index (χ3v) is 5.72. The molecule has 0 aromatic heterocycles. The van der Waals surface area contributed by atoms with Gasteiger partial charge in [-0.15, -0.1) is 0 Å². The number of ketones is 1. The molecular weight excluding hydrogens is 384 g/mol. The summed E-state index contributed by atoms with van der Waals surface area (Å²) in [5.41, 5.74) is 10.5. The lowest BCUT2D eigenvalue weighted by Gasteiger charge is -2.17. The molecule has 0 bridgehead atoms. The van der Waals surface area contributed by atoms with Gasteiger partial charge in [-0.05, 0) is 60.9 Å². The van der Waals surface area contributed by atoms with Crippen LogP contribution in [0.3, 0.4) is 0 Å². The summed E-state index contributed by atoms with van der Waals surface area (Å²) in [4.78, 5) is 24.8. The third-order valence-electron chi connectivity index (χ3n) is 5.36. The van der Waals surface area contributed by atoms with Crippen molar-refractivity contribution in [2.75, 3.05) is 0 Å². The van der Waals surface area contributed by atoms with Crippen LogP contribution in [0.25, 0.3) is 5.03 Å². The Balaban J connectivity index is 1.44. The molecule has 0 saturated heterocycles. The van der Waals surface area contributed by atoms with E-state index in [4.69, 9.17) is 17.3 Å². The van der Waals surface area contributed by atoms with Crippen LogP contribution in [0.5, 0.6) is 0 Å². The average Bonchev–Trinajstić information content (AvgIpc) is 3.11. The standard InChI is InChI=1S/C24H27ClN2O2/c1-16(27-24(29)22(26)13-8-17-5-3-2-4-6-17)23(28)14-9-18-7-10-19-11-12-21(25)20(19)15-18/h2-7,10,12,15-16,22H,8-9,11,13-14,26H2,1H3,(H,27,29)/t16-,22+/m0/s1. The fraction of sp³-hybridized carbons (Fsp3) is 0.333. The Morgan fingerprint density at radius 2 is 1.86 bits per heavy atom. The molecule has 2 atom stereocenters. The van der Waals surface area contributed by atoms with Gasteiger partial charge in [0.2, 0.25) is 5.91 Å². The molecule has 1 amide bonds. The Morgan fingerprint density at radius 3 is 2.62 bits per heavy atom. The number of hydrogen-bond donors (Lipinski definition) is 2. The predicted molar refractivity (Wildman–Crippen MR) is 118 cm³/mol. The van der Waals surface area contributed by atoms with E-state index >= 15 is 0 Å². The number of carbonyl (C=O) groups is 2. The van der Waals surface area contributed by atoms with Crippen LogP contribution >= 0.6 is 11.6 Å². The van der Waals surface area contributed by atoms with Crippen molar-refractivity contribution in [2.24, 2.45) is 5.73 Å². The molecule has 1 aliphatic rings. The van der Waals surface area contributed by atoms with Crippen molar-refractivity contribution < 1.29 is 9.59 Å². The molecule has 0 spiro atoms. The maximum atomic E-state index is 12.5. The minimum atomic E-state index is -0.629. The zero-order chi connectivity index (χ0) is 20.8. The Labute approximate surface area is 177 Å². The summed E-state index contributed by atoms with van der Waals surface area (Å²) in [7, 11) is 0. The molecule has 2 aromatic rings. The molecule has 5 heteroatoms. The van der Waals surface area contributed by atoms with Crippen LogP contribution in [0.4, 0.5) is 0 Å². The van der Waals surface area contributed by atoms with Gasteiger partial charge in [0.05, 0.1) is 12.1 Å². The van der Waals surface area contributed by atoms with E-state index in [2.05, 4.69) is 17.4 Å². The van der Waals surface area contributed by atoms with Crippen LogP contribution in [0, 0.1) is 0 Å². The number of fused-ring (bicyclic) bond motifs is 1. The van der Waals surface area contributed by atoms with Crippen LogP contribution in [0.15, 0.2) is 54.6 Å². The largest absolute Gasteiger partial charge is 0.345 e. The highest BCUT2D eigenvalue weighted by atomic mass is 35.5. The lowest BCUT2D eigenvalue weighted by Crippen LogP contribution is -2.47. The molecule has 1 aliphatic carbocycles. The number of benzene rings is 2. The van der Waals surface area contributed by atoms with E-state index in [0.29, 0.717) is 19.3 Å². The highest BCUT2D eigenvalue weighted by Gasteiger charge is 2.20. The molecular formula is C24H27ClN2O2. The Bertz CT molecular complexity index is 908. The summed E-state index contributed by atoms with van der Waals surface area (Å²) in [6, 6.07) is 14.9. The topological polar surface area (TPSA) is 72.2 Å². The zero-order valence-corrected chi connectivity index (χ0v) is 17.4. The lowest BCUT2D eigenvalue weighted by molar-refractivity contribution is -0.128. The zero-order valence-electron chi connectivity index (χ0n) is 16.7. The van der Waals surface area contributed by atoms with Crippen LogP contribution in [-0.2, 0) is 28.9 Å². The van der Waals surface area contributed by atoms with Crippen molar-refractivity contribution in [3.63, 3.8) is 0 Å². The maximum absolute atomic E-state index is 12.5. The van der Waals surface area contributed by atoms with Crippen molar-refractivity contribution in [2.45, 2.75) is 51.1 Å². The SMILES string of the molecule is C[C@H](NC(=O)[C@H](N)CCc1ccccc1)C(=O)CCc1ccc2c(c1)C(Cl)=CC2. The fourth-order valence-corrected chi connectivity index (χ4v) is 3.72. The lowest BCUT2D eigenvalue weighted by atomic mass is 10.00. The van der Waals surface area contributed by atoms with Crippen molar-refractivity contribution in [1.82, 2.24) is 5.32 Å². The number of carbonyl (C=O) groups excluding carboxylic acids is 2. The van der Waals surface area contributed by atoms with E-state index in [1.807, 2.05) is 42.5 Å². The number of halogens is 1. The number of Topliss-reactive ketones (excluding diaryl/α,β-unsaturated/α-hetero) is 1. The summed E-state index contributed by atoms with van der Waals surface area (Å²) in [6.45, 7) is 1.71. The molecule has 0 saturated carbocycles. The van der Waals surface area contributed by atoms with Gasteiger partial charge in [0, 0.05) is 11.5 Å². The first kappa shape index (κ1) is 21.3. The molecule has 29 heavy (non-hydrogen) atoms. The van der Waals surface area contributed by atoms with E-state index in [0.717, 1.165) is 34.6 Å². The third kappa shape index (κ3) is 5.78. The van der Waals surface area contributed by atoms with Gasteiger partial charge in [-0.1, -0.05) is 60.1 Å². The summed E-state index contributed by atoms with van der Waals surface area (Å²) in [5, 5.41) is 3.53. The second kappa shape index (κ2) is 9.86. The number of nitrogens with one attached hydrogen (secondary N) is 1. The minimum absolute atomic E-state index is 0.00394. The molecule has 2 aromatic carbocycles. The molecule has 0 fully saturated rings. The molecule has 0 unspecified atom stereocenters. The normalized spacial score (nSPS) is 14.7. The summed E-state index contributed by atoms with van der Waals surface area (Å²) < 4.78 is 0. The van der Waals surface area contributed by atoms with Gasteiger partial charge in [-0.25, -0.2) is 0 Å². The molecule has 0 aliphatic heterocycles. The van der Waals surface area contributed by atoms with E-state index in [1.54, 1.807) is 6.92 Å². The summed E-state index contributed by atoms with van der Waals surface area (Å²) in [5.74, 6) is -0.285. The Kier molecular flexibility index (Phi) is 7.24. The van der Waals surface area contributed by atoms with Crippen LogP contribution in [0.2, 0.25) is 0 Å². The first-order valence-electron chi connectivity index (χ1n) is 10.0. The van der Waals surface area contributed by atoms with Crippen molar-refractivity contribution in [3.05, 3.63) is 76.9 Å². The average molecular weight is 411 g/mol. The first-order valence-corrected chi connectivity index (χ1v) is 10.4. The van der Waals surface area contributed by atoms with Gasteiger partial charge in [0.1, 0.15) is 0 Å².